The molecule has 0 fully saturated rings. The van der Waals surface area contributed by atoms with E-state index in [4.69, 9.17) is 0 Å². The third-order valence-corrected chi connectivity index (χ3v) is 1.22. The smallest absolute Gasteiger partial charge is 0.166 e. The quantitative estimate of drug-likeness (QED) is 0.589. The van der Waals surface area contributed by atoms with Crippen molar-refractivity contribution in [1.29, 1.82) is 0 Å². The van der Waals surface area contributed by atoms with Crippen molar-refractivity contribution in [2.75, 3.05) is 0 Å². The van der Waals surface area contributed by atoms with Gasteiger partial charge in [-0.3, -0.25) is 0 Å². The second kappa shape index (κ2) is 3.23. The molecule has 0 aliphatic heterocycles. The maximum Gasteiger partial charge on any atom is 0.166 e. The van der Waals surface area contributed by atoms with Crippen LogP contribution in [0.25, 0.3) is 6.08 Å². The molecule has 0 radical (unpaired) electrons. The lowest BCUT2D eigenvalue weighted by molar-refractivity contribution is 0.507. The Bertz CT molecular complexity index is 279. The van der Waals surface area contributed by atoms with E-state index < -0.39 is 11.6 Å². The van der Waals surface area contributed by atoms with Crippen molar-refractivity contribution in [2.24, 2.45) is 0 Å². The molecular formula is C8H5F3. The summed E-state index contributed by atoms with van der Waals surface area (Å²) in [7, 11) is 0. The highest BCUT2D eigenvalue weighted by Crippen LogP contribution is 2.12. The van der Waals surface area contributed by atoms with E-state index in [2.05, 4.69) is 0 Å². The fourth-order valence-electron chi connectivity index (χ4n) is 0.717. The van der Waals surface area contributed by atoms with Gasteiger partial charge in [0.05, 0.1) is 6.33 Å². The number of benzene rings is 1. The lowest BCUT2D eigenvalue weighted by atomic mass is 10.2. The summed E-state index contributed by atoms with van der Waals surface area (Å²) < 4.78 is 36.5. The molecule has 1 aromatic rings. The van der Waals surface area contributed by atoms with Gasteiger partial charge in [0.15, 0.2) is 11.6 Å². The molecule has 0 spiro atoms. The second-order valence-electron chi connectivity index (χ2n) is 1.94. The Labute approximate surface area is 62.0 Å². The third kappa shape index (κ3) is 1.61. The highest BCUT2D eigenvalue weighted by atomic mass is 19.2. The molecule has 3 heteroatoms. The molecule has 0 heterocycles. The summed E-state index contributed by atoms with van der Waals surface area (Å²) in [5.74, 6) is -2.00. The zero-order valence-electron chi connectivity index (χ0n) is 5.52. The summed E-state index contributed by atoms with van der Waals surface area (Å²) >= 11 is 0. The summed E-state index contributed by atoms with van der Waals surface area (Å²) in [6.07, 6.45) is 1.02. The Hall–Kier alpha value is -1.25. The lowest BCUT2D eigenvalue weighted by Crippen LogP contribution is -1.86. The summed E-state index contributed by atoms with van der Waals surface area (Å²) in [6.45, 7) is 0. The van der Waals surface area contributed by atoms with Crippen LogP contribution in [0, 0.1) is 11.6 Å². The number of rotatable bonds is 1. The van der Waals surface area contributed by atoms with Crippen molar-refractivity contribution >= 4 is 6.08 Å². The fourth-order valence-corrected chi connectivity index (χ4v) is 0.717. The Morgan fingerprint density at radius 1 is 1.18 bits per heavy atom. The predicted octanol–water partition coefficient (Wildman–Crippen LogP) is 2.91. The van der Waals surface area contributed by atoms with E-state index in [0.717, 1.165) is 12.1 Å². The molecule has 0 N–H and O–H groups in total. The molecule has 0 saturated heterocycles. The van der Waals surface area contributed by atoms with E-state index in [0.29, 0.717) is 0 Å². The monoisotopic (exact) mass is 158 g/mol. The molecule has 0 atom stereocenters. The van der Waals surface area contributed by atoms with Crippen molar-refractivity contribution in [2.45, 2.75) is 0 Å². The van der Waals surface area contributed by atoms with Crippen LogP contribution in [-0.2, 0) is 0 Å². The SMILES string of the molecule is FC=Cc1cccc(F)c1F. The Balaban J connectivity index is 3.16. The minimum atomic E-state index is -1.03. The van der Waals surface area contributed by atoms with Crippen LogP contribution >= 0.6 is 0 Å². The van der Waals surface area contributed by atoms with Gasteiger partial charge in [-0.15, -0.1) is 0 Å². The summed E-state index contributed by atoms with van der Waals surface area (Å²) in [5, 5.41) is 0. The molecule has 0 nitrogen and oxygen atoms in total. The third-order valence-electron chi connectivity index (χ3n) is 1.22. The van der Waals surface area contributed by atoms with Crippen molar-refractivity contribution in [3.05, 3.63) is 41.7 Å². The first kappa shape index (κ1) is 7.85. The van der Waals surface area contributed by atoms with Gasteiger partial charge in [-0.25, -0.2) is 13.2 Å². The topological polar surface area (TPSA) is 0 Å². The maximum atomic E-state index is 12.6. The van der Waals surface area contributed by atoms with E-state index >= 15 is 0 Å². The van der Waals surface area contributed by atoms with Crippen LogP contribution in [0.2, 0.25) is 0 Å². The van der Waals surface area contributed by atoms with Crippen LogP contribution in [0.4, 0.5) is 13.2 Å². The molecule has 11 heavy (non-hydrogen) atoms. The Kier molecular flexibility index (Phi) is 2.31. The van der Waals surface area contributed by atoms with Gasteiger partial charge < -0.3 is 0 Å². The first-order valence-electron chi connectivity index (χ1n) is 2.96. The predicted molar refractivity (Wildman–Crippen MR) is 36.5 cm³/mol. The molecule has 0 aliphatic rings. The van der Waals surface area contributed by atoms with Gasteiger partial charge in [-0.2, -0.15) is 0 Å². The molecule has 0 aliphatic carbocycles. The number of halogens is 3. The van der Waals surface area contributed by atoms with Crippen LogP contribution in [0.5, 0.6) is 0 Å². The highest BCUT2D eigenvalue weighted by Gasteiger charge is 2.03. The molecule has 1 rings (SSSR count). The first-order chi connectivity index (χ1) is 5.25. The minimum Gasteiger partial charge on any atom is -0.216 e. The normalized spacial score (nSPS) is 10.8. The van der Waals surface area contributed by atoms with E-state index in [1.165, 1.54) is 12.1 Å². The fraction of sp³-hybridized carbons (Fsp3) is 0. The van der Waals surface area contributed by atoms with E-state index in [-0.39, 0.29) is 11.9 Å². The molecule has 0 bridgehead atoms. The van der Waals surface area contributed by atoms with Gasteiger partial charge in [0.2, 0.25) is 0 Å². The van der Waals surface area contributed by atoms with Crippen LogP contribution in [0.1, 0.15) is 5.56 Å². The van der Waals surface area contributed by atoms with Crippen molar-refractivity contribution in [3.63, 3.8) is 0 Å². The number of hydrogen-bond donors (Lipinski definition) is 0. The summed E-state index contributed by atoms with van der Waals surface area (Å²) in [4.78, 5) is 0. The lowest BCUT2D eigenvalue weighted by Gasteiger charge is -1.95. The summed E-state index contributed by atoms with van der Waals surface area (Å²) in [5.41, 5.74) is -0.0903. The zero-order chi connectivity index (χ0) is 8.27. The maximum absolute atomic E-state index is 12.6. The molecule has 0 aromatic heterocycles. The van der Waals surface area contributed by atoms with Crippen molar-refractivity contribution in [3.8, 4) is 0 Å². The van der Waals surface area contributed by atoms with E-state index in [9.17, 15) is 13.2 Å². The van der Waals surface area contributed by atoms with Crippen molar-refractivity contribution in [1.82, 2.24) is 0 Å². The van der Waals surface area contributed by atoms with E-state index in [1.807, 2.05) is 0 Å². The number of hydrogen-bond acceptors (Lipinski definition) is 0. The van der Waals surface area contributed by atoms with Crippen LogP contribution < -0.4 is 0 Å². The second-order valence-corrected chi connectivity index (χ2v) is 1.94. The summed E-state index contributed by atoms with van der Waals surface area (Å²) in [6, 6.07) is 3.58. The average molecular weight is 158 g/mol. The van der Waals surface area contributed by atoms with Crippen LogP contribution in [0.3, 0.4) is 0 Å². The zero-order valence-corrected chi connectivity index (χ0v) is 5.52. The van der Waals surface area contributed by atoms with Crippen LogP contribution in [-0.4, -0.2) is 0 Å². The van der Waals surface area contributed by atoms with Gasteiger partial charge >= 0.3 is 0 Å². The van der Waals surface area contributed by atoms with Gasteiger partial charge in [0, 0.05) is 5.56 Å². The standard InChI is InChI=1S/C8H5F3/c9-5-4-6-2-1-3-7(10)8(6)11/h1-5H. The van der Waals surface area contributed by atoms with Gasteiger partial charge in [0.1, 0.15) is 0 Å². The largest absolute Gasteiger partial charge is 0.216 e. The van der Waals surface area contributed by atoms with Gasteiger partial charge in [-0.1, -0.05) is 12.1 Å². The van der Waals surface area contributed by atoms with Crippen LogP contribution in [0.15, 0.2) is 24.5 Å². The minimum absolute atomic E-state index is 0.0903. The van der Waals surface area contributed by atoms with E-state index in [1.54, 1.807) is 0 Å². The first-order valence-corrected chi connectivity index (χ1v) is 2.96. The molecule has 0 saturated carbocycles. The van der Waals surface area contributed by atoms with Crippen molar-refractivity contribution < 1.29 is 13.2 Å². The molecule has 1 aromatic carbocycles. The molecule has 58 valence electrons. The molecule has 0 unspecified atom stereocenters. The Morgan fingerprint density at radius 2 is 1.91 bits per heavy atom. The Morgan fingerprint density at radius 3 is 2.55 bits per heavy atom. The highest BCUT2D eigenvalue weighted by molar-refractivity contribution is 5.48. The van der Waals surface area contributed by atoms with Gasteiger partial charge in [0.25, 0.3) is 0 Å². The van der Waals surface area contributed by atoms with Gasteiger partial charge in [-0.05, 0) is 12.1 Å². The molecular weight excluding hydrogens is 153 g/mol. The average Bonchev–Trinajstić information content (AvgIpc) is 1.99. The molecule has 0 amide bonds.